The first-order valence-corrected chi connectivity index (χ1v) is 9.59. The molecule has 3 rings (SSSR count). The number of carbonyl (C=O) groups excluding carboxylic acids is 1. The molecule has 1 aromatic heterocycles. The maximum Gasteiger partial charge on any atom is 0.263 e. The normalized spacial score (nSPS) is 18.4. The van der Waals surface area contributed by atoms with E-state index in [1.807, 2.05) is 25.1 Å². The van der Waals surface area contributed by atoms with Crippen molar-refractivity contribution >= 4 is 42.1 Å². The minimum Gasteiger partial charge on any atom is -0.493 e. The van der Waals surface area contributed by atoms with Crippen molar-refractivity contribution in [3.8, 4) is 22.1 Å². The molecule has 2 atom stereocenters. The Kier molecular flexibility index (Phi) is 9.50. The van der Waals surface area contributed by atoms with E-state index in [2.05, 4.69) is 22.5 Å². The first-order valence-electron chi connectivity index (χ1n) is 8.77. The van der Waals surface area contributed by atoms with E-state index in [9.17, 15) is 4.79 Å². The zero-order valence-electron chi connectivity index (χ0n) is 16.4. The van der Waals surface area contributed by atoms with Crippen molar-refractivity contribution in [1.29, 1.82) is 0 Å². The number of nitrogens with zero attached hydrogens (tertiary/aromatic N) is 1. The van der Waals surface area contributed by atoms with Crippen LogP contribution in [0.5, 0.6) is 11.5 Å². The second-order valence-corrected chi connectivity index (χ2v) is 7.47. The first kappa shape index (κ1) is 24.5. The van der Waals surface area contributed by atoms with E-state index in [4.69, 9.17) is 9.47 Å². The van der Waals surface area contributed by atoms with Crippen LogP contribution in [0, 0.1) is 6.92 Å². The van der Waals surface area contributed by atoms with Gasteiger partial charge in [0.15, 0.2) is 11.5 Å². The van der Waals surface area contributed by atoms with Gasteiger partial charge in [-0.2, -0.15) is 0 Å². The lowest BCUT2D eigenvalue weighted by Crippen LogP contribution is -2.51. The van der Waals surface area contributed by atoms with Gasteiger partial charge in [0, 0.05) is 17.6 Å². The average molecular weight is 448 g/mol. The fourth-order valence-corrected chi connectivity index (χ4v) is 4.14. The third-order valence-corrected chi connectivity index (χ3v) is 5.92. The summed E-state index contributed by atoms with van der Waals surface area (Å²) in [6.45, 7) is 4.99. The molecular weight excluding hydrogens is 421 g/mol. The molecule has 0 bridgehead atoms. The number of hydrogen-bond donors (Lipinski definition) is 2. The molecule has 0 saturated carbocycles. The third-order valence-electron chi connectivity index (χ3n) is 4.71. The number of thiazole rings is 1. The molecule has 1 amide bonds. The minimum atomic E-state index is -0.0488. The Labute approximate surface area is 182 Å². The zero-order chi connectivity index (χ0) is 18.7. The predicted molar refractivity (Wildman–Crippen MR) is 118 cm³/mol. The molecule has 1 aromatic carbocycles. The maximum absolute atomic E-state index is 12.7. The van der Waals surface area contributed by atoms with Crippen LogP contribution in [-0.2, 0) is 0 Å². The molecule has 28 heavy (non-hydrogen) atoms. The smallest absolute Gasteiger partial charge is 0.263 e. The van der Waals surface area contributed by atoms with E-state index in [1.54, 1.807) is 14.2 Å². The van der Waals surface area contributed by atoms with E-state index in [0.29, 0.717) is 16.4 Å². The molecule has 2 aromatic rings. The molecule has 0 radical (unpaired) electrons. The lowest BCUT2D eigenvalue weighted by atomic mass is 10.00. The molecule has 1 saturated heterocycles. The van der Waals surface area contributed by atoms with Crippen LogP contribution in [0.4, 0.5) is 0 Å². The first-order chi connectivity index (χ1) is 12.5. The number of carbonyl (C=O) groups is 1. The van der Waals surface area contributed by atoms with Crippen LogP contribution in [0.2, 0.25) is 0 Å². The number of hydrogen-bond acceptors (Lipinski definition) is 6. The van der Waals surface area contributed by atoms with Crippen molar-refractivity contribution in [3.63, 3.8) is 0 Å². The molecular formula is C19H27Cl2N3O3S. The number of halogens is 2. The summed E-state index contributed by atoms with van der Waals surface area (Å²) >= 11 is 1.40. The van der Waals surface area contributed by atoms with Gasteiger partial charge in [0.2, 0.25) is 0 Å². The van der Waals surface area contributed by atoms with Crippen molar-refractivity contribution in [2.75, 3.05) is 20.8 Å². The second kappa shape index (κ2) is 10.9. The van der Waals surface area contributed by atoms with E-state index in [1.165, 1.54) is 11.3 Å². The van der Waals surface area contributed by atoms with Gasteiger partial charge in [0.1, 0.15) is 9.88 Å². The Morgan fingerprint density at radius 1 is 1.25 bits per heavy atom. The van der Waals surface area contributed by atoms with Gasteiger partial charge in [-0.15, -0.1) is 36.2 Å². The molecule has 6 nitrogen and oxygen atoms in total. The van der Waals surface area contributed by atoms with Crippen LogP contribution in [0.25, 0.3) is 10.6 Å². The molecule has 2 N–H and O–H groups in total. The van der Waals surface area contributed by atoms with Crippen molar-refractivity contribution in [2.24, 2.45) is 0 Å². The average Bonchev–Trinajstić information content (AvgIpc) is 3.04. The Morgan fingerprint density at radius 2 is 1.96 bits per heavy atom. The second-order valence-electron chi connectivity index (χ2n) is 6.47. The molecule has 2 heterocycles. The van der Waals surface area contributed by atoms with Crippen LogP contribution in [0.1, 0.15) is 35.1 Å². The molecule has 156 valence electrons. The topological polar surface area (TPSA) is 72.5 Å². The predicted octanol–water partition coefficient (Wildman–Crippen LogP) is 3.85. The number of aromatic nitrogens is 1. The summed E-state index contributed by atoms with van der Waals surface area (Å²) in [7, 11) is 3.21. The molecule has 2 unspecified atom stereocenters. The Morgan fingerprint density at radius 3 is 2.61 bits per heavy atom. The molecule has 0 spiro atoms. The Bertz CT molecular complexity index is 801. The highest BCUT2D eigenvalue weighted by atomic mass is 35.5. The Hall–Kier alpha value is -1.54. The third kappa shape index (κ3) is 5.29. The van der Waals surface area contributed by atoms with Gasteiger partial charge in [0.25, 0.3) is 5.91 Å². The van der Waals surface area contributed by atoms with E-state index in [-0.39, 0.29) is 42.8 Å². The lowest BCUT2D eigenvalue weighted by Gasteiger charge is -2.30. The molecule has 0 aliphatic carbocycles. The summed E-state index contributed by atoms with van der Waals surface area (Å²) in [5, 5.41) is 7.36. The summed E-state index contributed by atoms with van der Waals surface area (Å²) in [5.41, 5.74) is 1.65. The number of methoxy groups -OCH3 is 2. The number of piperidine rings is 1. The molecule has 9 heteroatoms. The minimum absolute atomic E-state index is 0. The largest absolute Gasteiger partial charge is 0.493 e. The van der Waals surface area contributed by atoms with Gasteiger partial charge in [0.05, 0.1) is 19.9 Å². The number of rotatable bonds is 5. The monoisotopic (exact) mass is 447 g/mol. The SMILES string of the molecule is COc1ccc(-c2nc(C)c(C(=O)NC3CCCNC3C)s2)cc1OC.Cl.Cl. The van der Waals surface area contributed by atoms with Crippen molar-refractivity contribution in [2.45, 2.75) is 38.8 Å². The highest BCUT2D eigenvalue weighted by Crippen LogP contribution is 2.35. The van der Waals surface area contributed by atoms with Gasteiger partial charge in [-0.05, 0) is 51.4 Å². The van der Waals surface area contributed by atoms with Crippen molar-refractivity contribution in [3.05, 3.63) is 28.8 Å². The summed E-state index contributed by atoms with van der Waals surface area (Å²) in [4.78, 5) is 18.0. The fourth-order valence-electron chi connectivity index (χ4n) is 3.17. The van der Waals surface area contributed by atoms with Gasteiger partial charge in [-0.25, -0.2) is 4.98 Å². The summed E-state index contributed by atoms with van der Waals surface area (Å²) in [6, 6.07) is 6.09. The number of benzene rings is 1. The standard InChI is InChI=1S/C19H25N3O3S.2ClH/c1-11-14(6-5-9-20-11)22-18(23)17-12(2)21-19(26-17)13-7-8-15(24-3)16(10-13)25-4;;/h7-8,10-11,14,20H,5-6,9H2,1-4H3,(H,22,23);2*1H. The van der Waals surface area contributed by atoms with Crippen LogP contribution >= 0.6 is 36.2 Å². The number of nitrogens with one attached hydrogen (secondary N) is 2. The van der Waals surface area contributed by atoms with E-state index < -0.39 is 0 Å². The van der Waals surface area contributed by atoms with Crippen molar-refractivity contribution in [1.82, 2.24) is 15.6 Å². The van der Waals surface area contributed by atoms with Crippen molar-refractivity contribution < 1.29 is 14.3 Å². The fraction of sp³-hybridized carbons (Fsp3) is 0.474. The van der Waals surface area contributed by atoms with Gasteiger partial charge < -0.3 is 20.1 Å². The molecule has 1 aliphatic rings. The number of aryl methyl sites for hydroxylation is 1. The van der Waals surface area contributed by atoms with Crippen LogP contribution in [-0.4, -0.2) is 43.7 Å². The maximum atomic E-state index is 12.7. The van der Waals surface area contributed by atoms with Gasteiger partial charge in [-0.3, -0.25) is 4.79 Å². The summed E-state index contributed by atoms with van der Waals surface area (Å²) in [5.74, 6) is 1.26. The van der Waals surface area contributed by atoms with E-state index >= 15 is 0 Å². The summed E-state index contributed by atoms with van der Waals surface area (Å²) in [6.07, 6.45) is 2.08. The zero-order valence-corrected chi connectivity index (χ0v) is 18.9. The van der Waals surface area contributed by atoms with Gasteiger partial charge in [-0.1, -0.05) is 0 Å². The summed E-state index contributed by atoms with van der Waals surface area (Å²) < 4.78 is 10.6. The van der Waals surface area contributed by atoms with Crippen LogP contribution in [0.15, 0.2) is 18.2 Å². The van der Waals surface area contributed by atoms with E-state index in [0.717, 1.165) is 35.7 Å². The highest BCUT2D eigenvalue weighted by molar-refractivity contribution is 7.17. The highest BCUT2D eigenvalue weighted by Gasteiger charge is 2.25. The van der Waals surface area contributed by atoms with Gasteiger partial charge >= 0.3 is 0 Å². The van der Waals surface area contributed by atoms with Crippen LogP contribution in [0.3, 0.4) is 0 Å². The molecule has 1 fully saturated rings. The van der Waals surface area contributed by atoms with Crippen LogP contribution < -0.4 is 20.1 Å². The number of ether oxygens (including phenoxy) is 2. The quantitative estimate of drug-likeness (QED) is 0.727. The Balaban J connectivity index is 0.00000196. The lowest BCUT2D eigenvalue weighted by molar-refractivity contribution is 0.0923. The molecule has 1 aliphatic heterocycles. The number of amides is 1.